The van der Waals surface area contributed by atoms with Gasteiger partial charge in [-0.15, -0.1) is 0 Å². The Morgan fingerprint density at radius 1 is 1.38 bits per heavy atom. The smallest absolute Gasteiger partial charge is 0.227 e. The van der Waals surface area contributed by atoms with Crippen LogP contribution in [0.2, 0.25) is 0 Å². The Hall–Kier alpha value is -1.85. The van der Waals surface area contributed by atoms with Gasteiger partial charge in [0, 0.05) is 44.2 Å². The number of nitrogens with zero attached hydrogens (tertiary/aromatic N) is 4. The Morgan fingerprint density at radius 2 is 2.24 bits per heavy atom. The fourth-order valence-electron chi connectivity index (χ4n) is 3.62. The van der Waals surface area contributed by atoms with Crippen LogP contribution >= 0.6 is 0 Å². The summed E-state index contributed by atoms with van der Waals surface area (Å²) in [5, 5.41) is 0. The lowest BCUT2D eigenvalue weighted by Gasteiger charge is -2.48. The lowest BCUT2D eigenvalue weighted by molar-refractivity contribution is -0.137. The lowest BCUT2D eigenvalue weighted by Crippen LogP contribution is -2.54. The second kappa shape index (κ2) is 5.50. The molecule has 2 aliphatic heterocycles. The Balaban J connectivity index is 1.78. The van der Waals surface area contributed by atoms with E-state index in [0.717, 1.165) is 39.0 Å². The Kier molecular flexibility index (Phi) is 3.69. The maximum Gasteiger partial charge on any atom is 0.227 e. The van der Waals surface area contributed by atoms with Crippen LogP contribution in [0.5, 0.6) is 0 Å². The standard InChI is InChI=1S/C15H23N5O/c1-2-19-10-15(7-4-13(19)21)6-3-9-20(11-15)14-17-8-5-12(16)18-14/h5,8H,2-4,6-7,9-11H2,1H3,(H2,16,17,18). The van der Waals surface area contributed by atoms with Gasteiger partial charge in [0.2, 0.25) is 11.9 Å². The van der Waals surface area contributed by atoms with Crippen molar-refractivity contribution < 1.29 is 4.79 Å². The van der Waals surface area contributed by atoms with Gasteiger partial charge in [0.05, 0.1) is 0 Å². The van der Waals surface area contributed by atoms with Crippen LogP contribution in [0.1, 0.15) is 32.6 Å². The van der Waals surface area contributed by atoms with Crippen LogP contribution in [0.25, 0.3) is 0 Å². The highest BCUT2D eigenvalue weighted by atomic mass is 16.2. The molecule has 21 heavy (non-hydrogen) atoms. The van der Waals surface area contributed by atoms with Crippen LogP contribution in [-0.2, 0) is 4.79 Å². The third-order valence-electron chi connectivity index (χ3n) is 4.74. The zero-order valence-electron chi connectivity index (χ0n) is 12.6. The van der Waals surface area contributed by atoms with E-state index >= 15 is 0 Å². The van der Waals surface area contributed by atoms with Gasteiger partial charge in [-0.3, -0.25) is 4.79 Å². The number of aromatic nitrogens is 2. The summed E-state index contributed by atoms with van der Waals surface area (Å²) in [4.78, 5) is 24.8. The minimum atomic E-state index is 0.191. The average Bonchev–Trinajstić information content (AvgIpc) is 2.50. The highest BCUT2D eigenvalue weighted by molar-refractivity contribution is 5.77. The molecule has 2 N–H and O–H groups in total. The first-order valence-corrected chi connectivity index (χ1v) is 7.73. The number of likely N-dealkylation sites (tertiary alicyclic amines) is 1. The number of rotatable bonds is 2. The molecule has 1 amide bonds. The second-order valence-corrected chi connectivity index (χ2v) is 6.21. The molecule has 1 aromatic heterocycles. The number of hydrogen-bond acceptors (Lipinski definition) is 5. The molecule has 1 unspecified atom stereocenters. The molecule has 2 fully saturated rings. The van der Waals surface area contributed by atoms with Crippen LogP contribution in [0.3, 0.4) is 0 Å². The molecule has 0 saturated carbocycles. The number of anilines is 2. The van der Waals surface area contributed by atoms with E-state index in [1.165, 1.54) is 6.42 Å². The van der Waals surface area contributed by atoms with Crippen molar-refractivity contribution in [1.82, 2.24) is 14.9 Å². The van der Waals surface area contributed by atoms with E-state index in [0.29, 0.717) is 24.1 Å². The summed E-state index contributed by atoms with van der Waals surface area (Å²) in [5.74, 6) is 1.52. The van der Waals surface area contributed by atoms with Gasteiger partial charge in [0.25, 0.3) is 0 Å². The first-order valence-electron chi connectivity index (χ1n) is 7.73. The molecular weight excluding hydrogens is 266 g/mol. The zero-order chi connectivity index (χ0) is 14.9. The van der Waals surface area contributed by atoms with Crippen molar-refractivity contribution in [3.8, 4) is 0 Å². The van der Waals surface area contributed by atoms with Gasteiger partial charge >= 0.3 is 0 Å². The van der Waals surface area contributed by atoms with Gasteiger partial charge in [-0.05, 0) is 32.3 Å². The number of nitrogens with two attached hydrogens (primary N) is 1. The Bertz CT molecular complexity index is 535. The highest BCUT2D eigenvalue weighted by Gasteiger charge is 2.41. The van der Waals surface area contributed by atoms with Gasteiger partial charge in [-0.2, -0.15) is 4.98 Å². The maximum absolute atomic E-state index is 11.9. The summed E-state index contributed by atoms with van der Waals surface area (Å²) < 4.78 is 0. The van der Waals surface area contributed by atoms with Crippen molar-refractivity contribution in [3.05, 3.63) is 12.3 Å². The molecule has 1 atom stereocenters. The maximum atomic E-state index is 11.9. The van der Waals surface area contributed by atoms with E-state index in [1.807, 2.05) is 4.90 Å². The Morgan fingerprint density at radius 3 is 3.00 bits per heavy atom. The summed E-state index contributed by atoms with van der Waals surface area (Å²) in [6.45, 7) is 5.60. The van der Waals surface area contributed by atoms with E-state index < -0.39 is 0 Å². The van der Waals surface area contributed by atoms with Crippen molar-refractivity contribution in [3.63, 3.8) is 0 Å². The zero-order valence-corrected chi connectivity index (χ0v) is 12.6. The minimum absolute atomic E-state index is 0.191. The quantitative estimate of drug-likeness (QED) is 0.888. The molecule has 2 aliphatic rings. The molecule has 0 bridgehead atoms. The highest BCUT2D eigenvalue weighted by Crippen LogP contribution is 2.39. The first-order chi connectivity index (χ1) is 10.1. The molecule has 3 heterocycles. The van der Waals surface area contributed by atoms with Gasteiger partial charge < -0.3 is 15.5 Å². The van der Waals surface area contributed by atoms with E-state index in [-0.39, 0.29) is 5.41 Å². The fraction of sp³-hybridized carbons (Fsp3) is 0.667. The molecule has 0 aromatic carbocycles. The largest absolute Gasteiger partial charge is 0.384 e. The molecule has 2 saturated heterocycles. The predicted molar refractivity (Wildman–Crippen MR) is 81.8 cm³/mol. The monoisotopic (exact) mass is 289 g/mol. The molecule has 6 nitrogen and oxygen atoms in total. The SMILES string of the molecule is CCN1CC2(CCCN(c3nccc(N)n3)C2)CCC1=O. The van der Waals surface area contributed by atoms with Crippen molar-refractivity contribution in [2.45, 2.75) is 32.6 Å². The molecule has 1 spiro atoms. The van der Waals surface area contributed by atoms with Crippen molar-refractivity contribution in [2.24, 2.45) is 5.41 Å². The number of carbonyl (C=O) groups is 1. The minimum Gasteiger partial charge on any atom is -0.384 e. The average molecular weight is 289 g/mol. The third kappa shape index (κ3) is 2.80. The van der Waals surface area contributed by atoms with Crippen molar-refractivity contribution in [2.75, 3.05) is 36.8 Å². The first kappa shape index (κ1) is 14.1. The van der Waals surface area contributed by atoms with Crippen LogP contribution in [0, 0.1) is 5.41 Å². The van der Waals surface area contributed by atoms with Crippen LogP contribution < -0.4 is 10.6 Å². The van der Waals surface area contributed by atoms with Gasteiger partial charge in [0.1, 0.15) is 5.82 Å². The number of piperidine rings is 2. The molecule has 1 aromatic rings. The van der Waals surface area contributed by atoms with Crippen LogP contribution in [0.4, 0.5) is 11.8 Å². The van der Waals surface area contributed by atoms with Crippen LogP contribution in [0.15, 0.2) is 12.3 Å². The van der Waals surface area contributed by atoms with Crippen molar-refractivity contribution in [1.29, 1.82) is 0 Å². The van der Waals surface area contributed by atoms with E-state index in [2.05, 4.69) is 21.8 Å². The fourth-order valence-corrected chi connectivity index (χ4v) is 3.62. The van der Waals surface area contributed by atoms with Crippen LogP contribution in [-0.4, -0.2) is 47.0 Å². The lowest BCUT2D eigenvalue weighted by atomic mass is 9.73. The summed E-state index contributed by atoms with van der Waals surface area (Å²) >= 11 is 0. The molecule has 0 aliphatic carbocycles. The summed E-state index contributed by atoms with van der Waals surface area (Å²) in [6, 6.07) is 1.71. The molecule has 114 valence electrons. The number of carbonyl (C=O) groups excluding carboxylic acids is 1. The van der Waals surface area contributed by atoms with Gasteiger partial charge in [-0.25, -0.2) is 4.98 Å². The number of amides is 1. The normalized spacial score (nSPS) is 26.4. The van der Waals surface area contributed by atoms with Gasteiger partial charge in [-0.1, -0.05) is 0 Å². The third-order valence-corrected chi connectivity index (χ3v) is 4.74. The van der Waals surface area contributed by atoms with E-state index in [9.17, 15) is 4.79 Å². The van der Waals surface area contributed by atoms with E-state index in [4.69, 9.17) is 5.73 Å². The summed E-state index contributed by atoms with van der Waals surface area (Å²) in [7, 11) is 0. The summed E-state index contributed by atoms with van der Waals surface area (Å²) in [5.41, 5.74) is 5.96. The number of nitrogen functional groups attached to an aromatic ring is 1. The molecular formula is C15H23N5O. The molecule has 0 radical (unpaired) electrons. The number of hydrogen-bond donors (Lipinski definition) is 1. The van der Waals surface area contributed by atoms with Gasteiger partial charge in [0.15, 0.2) is 0 Å². The topological polar surface area (TPSA) is 75.3 Å². The molecule has 3 rings (SSSR count). The molecule has 6 heteroatoms. The van der Waals surface area contributed by atoms with Crippen molar-refractivity contribution >= 4 is 17.7 Å². The predicted octanol–water partition coefficient (Wildman–Crippen LogP) is 1.29. The summed E-state index contributed by atoms with van der Waals surface area (Å²) in [6.07, 6.45) is 5.64. The Labute approximate surface area is 125 Å². The second-order valence-electron chi connectivity index (χ2n) is 6.21. The van der Waals surface area contributed by atoms with E-state index in [1.54, 1.807) is 12.3 Å².